The van der Waals surface area contributed by atoms with Crippen molar-refractivity contribution < 1.29 is 27.5 Å². The van der Waals surface area contributed by atoms with E-state index < -0.39 is 28.5 Å². The molecule has 0 bridgehead atoms. The molecule has 0 radical (unpaired) electrons. The first kappa shape index (κ1) is 32.6. The van der Waals surface area contributed by atoms with Crippen LogP contribution in [-0.2, 0) is 32.6 Å². The summed E-state index contributed by atoms with van der Waals surface area (Å²) in [7, 11) is -4.22. The summed E-state index contributed by atoms with van der Waals surface area (Å²) < 4.78 is 40.9. The summed E-state index contributed by atoms with van der Waals surface area (Å²) in [6.07, 6.45) is 0.243. The molecule has 0 aromatic heterocycles. The Morgan fingerprint density at radius 1 is 0.804 bits per heavy atom. The van der Waals surface area contributed by atoms with Crippen molar-refractivity contribution in [3.8, 4) is 11.5 Å². The number of benzene rings is 4. The van der Waals surface area contributed by atoms with Crippen LogP contribution in [0.4, 0.5) is 5.69 Å². The van der Waals surface area contributed by atoms with E-state index in [0.717, 1.165) is 21.0 Å². The van der Waals surface area contributed by atoms with E-state index in [-0.39, 0.29) is 35.5 Å². The number of carbonyl (C=O) groups excluding carboxylic acids is 2. The standard InChI is InChI=1S/C36H39N3O6S/c1-26(2)37-36(41)32(22-28-10-6-4-7-11-28)38(24-29-16-14-27(3)15-17-29)35(40)25-39(46(42,43)31-12-8-5-9-13-31)30-18-19-33-34(23-30)45-21-20-44-33/h4-19,23,26,32H,20-22,24-25H2,1-3H3,(H,37,41)/t32-/m1/s1. The van der Waals surface area contributed by atoms with Crippen molar-refractivity contribution in [2.24, 2.45) is 0 Å². The van der Waals surface area contributed by atoms with Gasteiger partial charge in [0.05, 0.1) is 10.6 Å². The number of amides is 2. The number of aryl methyl sites for hydroxylation is 1. The summed E-state index contributed by atoms with van der Waals surface area (Å²) in [6, 6.07) is 28.9. The zero-order valence-corrected chi connectivity index (χ0v) is 27.1. The molecule has 1 atom stereocenters. The van der Waals surface area contributed by atoms with Crippen LogP contribution in [0.15, 0.2) is 108 Å². The monoisotopic (exact) mass is 641 g/mol. The van der Waals surface area contributed by atoms with E-state index in [9.17, 15) is 18.0 Å². The molecule has 1 N–H and O–H groups in total. The number of nitrogens with zero attached hydrogens (tertiary/aromatic N) is 2. The Bertz CT molecular complexity index is 1750. The van der Waals surface area contributed by atoms with Gasteiger partial charge >= 0.3 is 0 Å². The summed E-state index contributed by atoms with van der Waals surface area (Å²) in [5.74, 6) is 0.0258. The molecule has 4 aromatic carbocycles. The Hall–Kier alpha value is -4.83. The second kappa shape index (κ2) is 14.5. The maximum atomic E-state index is 14.6. The van der Waals surface area contributed by atoms with E-state index in [1.165, 1.54) is 17.0 Å². The first-order valence-corrected chi connectivity index (χ1v) is 16.7. The number of ether oxygens (including phenoxy) is 2. The van der Waals surface area contributed by atoms with Crippen LogP contribution in [0.2, 0.25) is 0 Å². The van der Waals surface area contributed by atoms with Crippen LogP contribution in [0.3, 0.4) is 0 Å². The Morgan fingerprint density at radius 2 is 1.43 bits per heavy atom. The molecule has 10 heteroatoms. The topological polar surface area (TPSA) is 105 Å². The van der Waals surface area contributed by atoms with Crippen LogP contribution in [0.25, 0.3) is 0 Å². The number of hydrogen-bond donors (Lipinski definition) is 1. The Morgan fingerprint density at radius 3 is 2.09 bits per heavy atom. The van der Waals surface area contributed by atoms with Crippen molar-refractivity contribution in [1.29, 1.82) is 0 Å². The van der Waals surface area contributed by atoms with Crippen molar-refractivity contribution >= 4 is 27.5 Å². The molecule has 0 saturated carbocycles. The minimum Gasteiger partial charge on any atom is -0.486 e. The van der Waals surface area contributed by atoms with E-state index >= 15 is 0 Å². The highest BCUT2D eigenvalue weighted by atomic mass is 32.2. The number of hydrogen-bond acceptors (Lipinski definition) is 6. The van der Waals surface area contributed by atoms with Gasteiger partial charge in [-0.15, -0.1) is 0 Å². The molecule has 240 valence electrons. The molecule has 0 unspecified atom stereocenters. The van der Waals surface area contributed by atoms with Crippen LogP contribution in [0.5, 0.6) is 11.5 Å². The second-order valence-corrected chi connectivity index (χ2v) is 13.4. The van der Waals surface area contributed by atoms with Gasteiger partial charge in [-0.3, -0.25) is 13.9 Å². The van der Waals surface area contributed by atoms with Gasteiger partial charge in [0.1, 0.15) is 25.8 Å². The SMILES string of the molecule is Cc1ccc(CN(C(=O)CN(c2ccc3c(c2)OCCO3)S(=O)(=O)c2ccccc2)[C@H](Cc2ccccc2)C(=O)NC(C)C)cc1. The first-order valence-electron chi connectivity index (χ1n) is 15.3. The van der Waals surface area contributed by atoms with Crippen LogP contribution in [0.1, 0.15) is 30.5 Å². The molecule has 46 heavy (non-hydrogen) atoms. The van der Waals surface area contributed by atoms with Gasteiger partial charge in [0.25, 0.3) is 10.0 Å². The lowest BCUT2D eigenvalue weighted by Crippen LogP contribution is -2.54. The maximum Gasteiger partial charge on any atom is 0.264 e. The van der Waals surface area contributed by atoms with Gasteiger partial charge in [0.15, 0.2) is 11.5 Å². The van der Waals surface area contributed by atoms with Crippen LogP contribution < -0.4 is 19.1 Å². The van der Waals surface area contributed by atoms with Gasteiger partial charge in [-0.2, -0.15) is 0 Å². The zero-order valence-electron chi connectivity index (χ0n) is 26.3. The van der Waals surface area contributed by atoms with Crippen molar-refractivity contribution in [2.45, 2.75) is 50.7 Å². The van der Waals surface area contributed by atoms with E-state index in [0.29, 0.717) is 24.7 Å². The largest absolute Gasteiger partial charge is 0.486 e. The predicted octanol–water partition coefficient (Wildman–Crippen LogP) is 5.13. The van der Waals surface area contributed by atoms with Crippen molar-refractivity contribution in [1.82, 2.24) is 10.2 Å². The Labute approximate surface area is 270 Å². The van der Waals surface area contributed by atoms with Crippen LogP contribution in [0, 0.1) is 6.92 Å². The Balaban J connectivity index is 1.58. The van der Waals surface area contributed by atoms with Gasteiger partial charge in [-0.05, 0) is 56.2 Å². The number of fused-ring (bicyclic) bond motifs is 1. The minimum atomic E-state index is -4.22. The summed E-state index contributed by atoms with van der Waals surface area (Å²) in [4.78, 5) is 29.9. The van der Waals surface area contributed by atoms with Gasteiger partial charge in [0.2, 0.25) is 11.8 Å². The van der Waals surface area contributed by atoms with Crippen molar-refractivity contribution in [2.75, 3.05) is 24.1 Å². The number of nitrogens with one attached hydrogen (secondary N) is 1. The minimum absolute atomic E-state index is 0.0289. The molecular weight excluding hydrogens is 602 g/mol. The molecule has 0 spiro atoms. The van der Waals surface area contributed by atoms with Gasteiger partial charge in [0, 0.05) is 25.1 Å². The molecule has 0 aliphatic carbocycles. The Kier molecular flexibility index (Phi) is 10.3. The lowest BCUT2D eigenvalue weighted by molar-refractivity contribution is -0.140. The fraction of sp³-hybridized carbons (Fsp3) is 0.278. The highest BCUT2D eigenvalue weighted by Crippen LogP contribution is 2.36. The third-order valence-electron chi connectivity index (χ3n) is 7.60. The molecule has 4 aromatic rings. The molecular formula is C36H39N3O6S. The molecule has 1 aliphatic heterocycles. The third kappa shape index (κ3) is 7.87. The molecule has 9 nitrogen and oxygen atoms in total. The molecule has 5 rings (SSSR count). The smallest absolute Gasteiger partial charge is 0.264 e. The normalized spacial score (nSPS) is 13.1. The number of anilines is 1. The van der Waals surface area contributed by atoms with Gasteiger partial charge in [-0.25, -0.2) is 8.42 Å². The summed E-state index contributed by atoms with van der Waals surface area (Å²) in [6.45, 7) is 5.94. The number of sulfonamides is 1. The lowest BCUT2D eigenvalue weighted by atomic mass is 10.0. The molecule has 0 saturated heterocycles. The van der Waals surface area contributed by atoms with Crippen molar-refractivity contribution in [3.63, 3.8) is 0 Å². The fourth-order valence-electron chi connectivity index (χ4n) is 5.26. The average Bonchev–Trinajstić information content (AvgIpc) is 3.06. The number of carbonyl (C=O) groups is 2. The van der Waals surface area contributed by atoms with E-state index in [1.807, 2.05) is 75.4 Å². The predicted molar refractivity (Wildman–Crippen MR) is 177 cm³/mol. The summed E-state index contributed by atoms with van der Waals surface area (Å²) in [5.41, 5.74) is 2.97. The molecule has 2 amide bonds. The molecule has 1 heterocycles. The van der Waals surface area contributed by atoms with E-state index in [1.54, 1.807) is 36.4 Å². The second-order valence-electron chi connectivity index (χ2n) is 11.5. The van der Waals surface area contributed by atoms with Crippen molar-refractivity contribution in [3.05, 3.63) is 120 Å². The van der Waals surface area contributed by atoms with Crippen LogP contribution >= 0.6 is 0 Å². The third-order valence-corrected chi connectivity index (χ3v) is 9.39. The maximum absolute atomic E-state index is 14.6. The quantitative estimate of drug-likeness (QED) is 0.230. The molecule has 1 aliphatic rings. The fourth-order valence-corrected chi connectivity index (χ4v) is 6.69. The van der Waals surface area contributed by atoms with E-state index in [2.05, 4.69) is 5.32 Å². The summed E-state index contributed by atoms with van der Waals surface area (Å²) in [5, 5.41) is 2.97. The van der Waals surface area contributed by atoms with E-state index in [4.69, 9.17) is 9.47 Å². The highest BCUT2D eigenvalue weighted by Gasteiger charge is 2.35. The van der Waals surface area contributed by atoms with Gasteiger partial charge in [-0.1, -0.05) is 78.4 Å². The highest BCUT2D eigenvalue weighted by molar-refractivity contribution is 7.92. The summed E-state index contributed by atoms with van der Waals surface area (Å²) >= 11 is 0. The average molecular weight is 642 g/mol. The first-order chi connectivity index (χ1) is 22.1. The van der Waals surface area contributed by atoms with Crippen LogP contribution in [-0.4, -0.2) is 57.0 Å². The zero-order chi connectivity index (χ0) is 32.7. The molecule has 0 fully saturated rings. The lowest BCUT2D eigenvalue weighted by Gasteiger charge is -2.34. The number of rotatable bonds is 12. The van der Waals surface area contributed by atoms with Gasteiger partial charge < -0.3 is 19.7 Å².